The molecule has 0 bridgehead atoms. The maximum atomic E-state index is 10.5. The van der Waals surface area contributed by atoms with Crippen molar-refractivity contribution >= 4 is 11.8 Å². The number of aliphatic carboxylic acids is 1. The molecule has 0 aromatic carbocycles. The van der Waals surface area contributed by atoms with E-state index < -0.39 is 12.0 Å². The Balaban J connectivity index is 0.00000289. The molecule has 5 N–H and O–H groups in total. The highest BCUT2D eigenvalue weighted by atomic mass is 16.4. The number of aliphatic imine (C=N–C) groups is 1. The van der Waals surface area contributed by atoms with Crippen LogP contribution in [0.4, 0.5) is 0 Å². The first-order valence-corrected chi connectivity index (χ1v) is 6.05. The summed E-state index contributed by atoms with van der Waals surface area (Å²) in [5.74, 6) is -0.227. The first kappa shape index (κ1) is 16.6. The average molecular weight is 255 g/mol. The fourth-order valence-electron chi connectivity index (χ4n) is 1.82. The van der Waals surface area contributed by atoms with Crippen molar-refractivity contribution in [3.63, 3.8) is 0 Å². The molecule has 1 heterocycles. The van der Waals surface area contributed by atoms with E-state index in [1.807, 2.05) is 12.2 Å². The largest absolute Gasteiger partial charge is 0.480 e. The maximum absolute atomic E-state index is 10.5. The molecule has 1 aliphatic rings. The minimum absolute atomic E-state index is 0. The second-order valence-corrected chi connectivity index (χ2v) is 4.41. The zero-order valence-corrected chi connectivity index (χ0v) is 10.0. The van der Waals surface area contributed by atoms with E-state index in [1.165, 1.54) is 0 Å². The number of carboxylic acids is 1. The summed E-state index contributed by atoms with van der Waals surface area (Å²) in [5, 5.41) is 8.60. The summed E-state index contributed by atoms with van der Waals surface area (Å²) >= 11 is 0. The first-order valence-electron chi connectivity index (χ1n) is 6.05. The predicted molar refractivity (Wildman–Crippen MR) is 74.6 cm³/mol. The summed E-state index contributed by atoms with van der Waals surface area (Å²) in [6.45, 7) is 0. The van der Waals surface area contributed by atoms with Crippen molar-refractivity contribution < 1.29 is 9.90 Å². The van der Waals surface area contributed by atoms with Crippen LogP contribution in [0.1, 0.15) is 46.0 Å². The molecule has 0 aromatic rings. The summed E-state index contributed by atoms with van der Waals surface area (Å²) < 4.78 is 0. The van der Waals surface area contributed by atoms with Gasteiger partial charge in [0, 0.05) is 6.42 Å². The molecule has 1 aliphatic heterocycles. The van der Waals surface area contributed by atoms with Crippen LogP contribution in [0.25, 0.3) is 0 Å². The standard InChI is InChI=1S/C12H21N3O2.CH4/c13-10(12(16)17)7-3-1-5-9-6-2-4-8-11(14)15-9;/h1,3,9-10H,2,4-8,13H2,(H2,14,15)(H,16,17);1H4/b3-1+;/t9-,10-;/m0./s1. The van der Waals surface area contributed by atoms with Gasteiger partial charge < -0.3 is 16.6 Å². The number of rotatable bonds is 5. The highest BCUT2D eigenvalue weighted by Crippen LogP contribution is 2.15. The number of carboxylic acid groups (broad SMARTS) is 1. The maximum Gasteiger partial charge on any atom is 0.320 e. The molecule has 0 saturated heterocycles. The van der Waals surface area contributed by atoms with Gasteiger partial charge in [-0.25, -0.2) is 0 Å². The molecule has 2 atom stereocenters. The highest BCUT2D eigenvalue weighted by molar-refractivity contribution is 5.80. The number of hydrogen-bond acceptors (Lipinski definition) is 4. The van der Waals surface area contributed by atoms with Crippen LogP contribution in [0.5, 0.6) is 0 Å². The summed E-state index contributed by atoms with van der Waals surface area (Å²) in [6.07, 6.45) is 9.15. The highest BCUT2D eigenvalue weighted by Gasteiger charge is 2.11. The molecule has 0 radical (unpaired) electrons. The monoisotopic (exact) mass is 255 g/mol. The number of carbonyl (C=O) groups is 1. The molecular formula is C13H25N3O2. The molecule has 0 aromatic heterocycles. The van der Waals surface area contributed by atoms with E-state index in [4.69, 9.17) is 16.6 Å². The number of amidine groups is 1. The minimum atomic E-state index is -0.966. The Kier molecular flexibility index (Phi) is 8.03. The molecule has 0 unspecified atom stereocenters. The summed E-state index contributed by atoms with van der Waals surface area (Å²) in [6, 6.07) is -0.566. The molecule has 0 aliphatic carbocycles. The average Bonchev–Trinajstić information content (AvgIpc) is 2.48. The Morgan fingerprint density at radius 1 is 1.50 bits per heavy atom. The number of hydrogen-bond donors (Lipinski definition) is 3. The Morgan fingerprint density at radius 3 is 2.89 bits per heavy atom. The van der Waals surface area contributed by atoms with Gasteiger partial charge in [0.2, 0.25) is 0 Å². The number of nitrogens with two attached hydrogens (primary N) is 2. The van der Waals surface area contributed by atoms with Gasteiger partial charge in [-0.2, -0.15) is 0 Å². The Morgan fingerprint density at radius 2 is 2.22 bits per heavy atom. The van der Waals surface area contributed by atoms with E-state index >= 15 is 0 Å². The van der Waals surface area contributed by atoms with Crippen molar-refractivity contribution in [1.82, 2.24) is 0 Å². The molecule has 5 heteroatoms. The summed E-state index contributed by atoms with van der Waals surface area (Å²) in [4.78, 5) is 14.9. The molecule has 18 heavy (non-hydrogen) atoms. The summed E-state index contributed by atoms with van der Waals surface area (Å²) in [7, 11) is 0. The lowest BCUT2D eigenvalue weighted by molar-refractivity contribution is -0.138. The van der Waals surface area contributed by atoms with Gasteiger partial charge >= 0.3 is 5.97 Å². The van der Waals surface area contributed by atoms with Crippen molar-refractivity contribution in [3.8, 4) is 0 Å². The molecule has 0 saturated carbocycles. The Labute approximate surface area is 109 Å². The SMILES string of the molecule is C.NC1=N[C@@H](C/C=C/C[C@H](N)C(=O)O)CCCC1. The number of nitrogens with zero attached hydrogens (tertiary/aromatic N) is 1. The van der Waals surface area contributed by atoms with Gasteiger partial charge in [0.1, 0.15) is 6.04 Å². The third kappa shape index (κ3) is 6.39. The molecule has 104 valence electrons. The van der Waals surface area contributed by atoms with Gasteiger partial charge in [-0.1, -0.05) is 26.0 Å². The molecule has 1 rings (SSSR count). The van der Waals surface area contributed by atoms with Gasteiger partial charge in [0.25, 0.3) is 0 Å². The summed E-state index contributed by atoms with van der Waals surface area (Å²) in [5.41, 5.74) is 11.1. The predicted octanol–water partition coefficient (Wildman–Crippen LogP) is 1.67. The van der Waals surface area contributed by atoms with Crippen LogP contribution in [0.3, 0.4) is 0 Å². The molecular weight excluding hydrogens is 230 g/mol. The van der Waals surface area contributed by atoms with Gasteiger partial charge in [0.15, 0.2) is 0 Å². The van der Waals surface area contributed by atoms with Crippen LogP contribution in [0.2, 0.25) is 0 Å². The van der Waals surface area contributed by atoms with Gasteiger partial charge in [0.05, 0.1) is 11.9 Å². The zero-order chi connectivity index (χ0) is 12.7. The van der Waals surface area contributed by atoms with Gasteiger partial charge in [-0.15, -0.1) is 0 Å². The van der Waals surface area contributed by atoms with Crippen LogP contribution in [-0.4, -0.2) is 29.0 Å². The topological polar surface area (TPSA) is 102 Å². The molecule has 5 nitrogen and oxygen atoms in total. The smallest absolute Gasteiger partial charge is 0.320 e. The zero-order valence-electron chi connectivity index (χ0n) is 10.0. The van der Waals surface area contributed by atoms with E-state index in [0.29, 0.717) is 6.42 Å². The van der Waals surface area contributed by atoms with Crippen molar-refractivity contribution in [2.45, 2.75) is 58.0 Å². The van der Waals surface area contributed by atoms with E-state index in [1.54, 1.807) is 0 Å². The van der Waals surface area contributed by atoms with E-state index in [0.717, 1.165) is 37.9 Å². The lowest BCUT2D eigenvalue weighted by Gasteiger charge is -2.07. The minimum Gasteiger partial charge on any atom is -0.480 e. The van der Waals surface area contributed by atoms with Crippen LogP contribution in [0, 0.1) is 0 Å². The quantitative estimate of drug-likeness (QED) is 0.650. The van der Waals surface area contributed by atoms with E-state index in [9.17, 15) is 4.79 Å². The molecule has 0 spiro atoms. The second-order valence-electron chi connectivity index (χ2n) is 4.41. The Bertz CT molecular complexity index is 313. The van der Waals surface area contributed by atoms with Gasteiger partial charge in [-0.3, -0.25) is 9.79 Å². The Hall–Kier alpha value is -1.36. The van der Waals surface area contributed by atoms with Crippen molar-refractivity contribution in [1.29, 1.82) is 0 Å². The van der Waals surface area contributed by atoms with E-state index in [2.05, 4.69) is 4.99 Å². The lowest BCUT2D eigenvalue weighted by Crippen LogP contribution is -2.29. The van der Waals surface area contributed by atoms with Crippen LogP contribution >= 0.6 is 0 Å². The van der Waals surface area contributed by atoms with Crippen molar-refractivity contribution in [2.75, 3.05) is 0 Å². The molecule has 0 fully saturated rings. The van der Waals surface area contributed by atoms with Crippen molar-refractivity contribution in [2.24, 2.45) is 16.5 Å². The fraction of sp³-hybridized carbons (Fsp3) is 0.692. The third-order valence-electron chi connectivity index (χ3n) is 2.85. The second kappa shape index (κ2) is 8.69. The van der Waals surface area contributed by atoms with Crippen LogP contribution < -0.4 is 11.5 Å². The lowest BCUT2D eigenvalue weighted by atomic mass is 10.1. The molecule has 0 amide bonds. The normalized spacial score (nSPS) is 21.8. The first-order chi connectivity index (χ1) is 8.09. The van der Waals surface area contributed by atoms with Gasteiger partial charge in [-0.05, 0) is 25.7 Å². The van der Waals surface area contributed by atoms with Crippen LogP contribution in [0.15, 0.2) is 17.1 Å². The third-order valence-corrected chi connectivity index (χ3v) is 2.85. The van der Waals surface area contributed by atoms with Crippen LogP contribution in [-0.2, 0) is 4.79 Å². The van der Waals surface area contributed by atoms with E-state index in [-0.39, 0.29) is 13.5 Å². The fourth-order valence-corrected chi connectivity index (χ4v) is 1.82. The van der Waals surface area contributed by atoms with Crippen molar-refractivity contribution in [3.05, 3.63) is 12.2 Å².